The summed E-state index contributed by atoms with van der Waals surface area (Å²) in [6, 6.07) is 82.1. The minimum absolute atomic E-state index is 0.671. The molecule has 5 heteroatoms. The molecule has 64 heavy (non-hydrogen) atoms. The van der Waals surface area contributed by atoms with Gasteiger partial charge in [-0.1, -0.05) is 238 Å². The van der Waals surface area contributed by atoms with Crippen molar-refractivity contribution in [3.8, 4) is 78.7 Å². The van der Waals surface area contributed by atoms with E-state index >= 15 is 0 Å². The van der Waals surface area contributed by atoms with Gasteiger partial charge >= 0.3 is 0 Å². The van der Waals surface area contributed by atoms with Gasteiger partial charge in [-0.3, -0.25) is 0 Å². The third-order valence-corrected chi connectivity index (χ3v) is 22.1. The van der Waals surface area contributed by atoms with E-state index in [2.05, 4.69) is 231 Å². The van der Waals surface area contributed by atoms with Crippen molar-refractivity contribution in [1.82, 2.24) is 15.0 Å². The number of nitrogens with zero attached hydrogens (tertiary/aromatic N) is 3. The zero-order valence-electron chi connectivity index (χ0n) is 35.7. The fourth-order valence-corrected chi connectivity index (χ4v) is 19.6. The summed E-state index contributed by atoms with van der Waals surface area (Å²) < 4.78 is 0. The fourth-order valence-electron chi connectivity index (χ4n) is 10.8. The standard InChI is InChI=1S/C59H43N3Si2/c1-63(2)53-38-43(40-20-8-3-9-21-40)34-36-48(53)50-31-19-33-52(55(50)63)59-61-57(42-24-12-5-13-25-42)60-58(62-59)44-35-37-49-51-32-18-30-47(41-22-10-4-11-23-41)56(51)64(54(49)39-44,45-26-14-6-15-27-45)46-28-16-7-17-29-46/h3-39H,1-2H3. The van der Waals surface area contributed by atoms with Crippen LogP contribution in [0.15, 0.2) is 224 Å². The average Bonchev–Trinajstić information content (AvgIpc) is 3.80. The first kappa shape index (κ1) is 38.1. The molecule has 3 heterocycles. The molecule has 0 saturated heterocycles. The monoisotopic (exact) mass is 849 g/mol. The molecular weight excluding hydrogens is 807 g/mol. The molecule has 12 rings (SSSR count). The Balaban J connectivity index is 1.09. The van der Waals surface area contributed by atoms with Crippen molar-refractivity contribution in [1.29, 1.82) is 0 Å². The number of aromatic nitrogens is 3. The van der Waals surface area contributed by atoms with Gasteiger partial charge in [0.25, 0.3) is 0 Å². The highest BCUT2D eigenvalue weighted by atomic mass is 28.3. The Bertz CT molecular complexity index is 3350. The van der Waals surface area contributed by atoms with Gasteiger partial charge in [-0.05, 0) is 75.6 Å². The Morgan fingerprint density at radius 2 is 0.719 bits per heavy atom. The van der Waals surface area contributed by atoms with Gasteiger partial charge in [0.05, 0.1) is 0 Å². The molecule has 2 aliphatic heterocycles. The molecule has 0 unspecified atom stereocenters. The second-order valence-electron chi connectivity index (χ2n) is 17.5. The topological polar surface area (TPSA) is 38.7 Å². The Morgan fingerprint density at radius 3 is 1.33 bits per heavy atom. The van der Waals surface area contributed by atoms with Crippen LogP contribution in [0.4, 0.5) is 0 Å². The minimum atomic E-state index is -2.94. The predicted octanol–water partition coefficient (Wildman–Crippen LogP) is 10.4. The lowest BCUT2D eigenvalue weighted by Crippen LogP contribution is -2.73. The SMILES string of the molecule is C[Si]1(C)c2cc(-c3ccccc3)ccc2-c2cccc(-c3nc(-c4ccccc4)nc(-c4ccc5c(c4)[Si](c4ccccc4)(c4ccccc4)c4c(-c6ccccc6)cccc4-5)n3)c21. The van der Waals surface area contributed by atoms with E-state index in [0.717, 1.165) is 16.7 Å². The van der Waals surface area contributed by atoms with E-state index in [0.29, 0.717) is 17.5 Å². The molecule has 0 aliphatic carbocycles. The van der Waals surface area contributed by atoms with Crippen LogP contribution in [0.25, 0.3) is 78.7 Å². The lowest BCUT2D eigenvalue weighted by molar-refractivity contribution is 1.08. The molecule has 0 fully saturated rings. The van der Waals surface area contributed by atoms with Gasteiger partial charge in [0.1, 0.15) is 8.07 Å². The largest absolute Gasteiger partial charge is 0.208 e. The Kier molecular flexibility index (Phi) is 8.97. The van der Waals surface area contributed by atoms with Crippen molar-refractivity contribution >= 4 is 47.3 Å². The molecular formula is C59H43N3Si2. The van der Waals surface area contributed by atoms with E-state index in [-0.39, 0.29) is 0 Å². The van der Waals surface area contributed by atoms with E-state index in [1.54, 1.807) is 0 Å². The smallest absolute Gasteiger partial charge is 0.181 e. The van der Waals surface area contributed by atoms with Crippen molar-refractivity contribution in [2.45, 2.75) is 13.1 Å². The first-order valence-corrected chi connectivity index (χ1v) is 27.1. The maximum Gasteiger partial charge on any atom is 0.181 e. The fraction of sp³-hybridized carbons (Fsp3) is 0.0339. The quantitative estimate of drug-likeness (QED) is 0.150. The van der Waals surface area contributed by atoms with E-state index < -0.39 is 16.1 Å². The first-order chi connectivity index (χ1) is 31.5. The van der Waals surface area contributed by atoms with Crippen LogP contribution in [0, 0.1) is 0 Å². The van der Waals surface area contributed by atoms with Gasteiger partial charge in [0.2, 0.25) is 0 Å². The lowest BCUT2D eigenvalue weighted by Gasteiger charge is -2.33. The number of hydrogen-bond donors (Lipinski definition) is 0. The lowest BCUT2D eigenvalue weighted by atomic mass is 9.98. The van der Waals surface area contributed by atoms with E-state index in [1.807, 2.05) is 6.07 Å². The molecule has 0 spiro atoms. The highest BCUT2D eigenvalue weighted by Crippen LogP contribution is 2.38. The zero-order chi connectivity index (χ0) is 42.8. The highest BCUT2D eigenvalue weighted by molar-refractivity contribution is 7.22. The summed E-state index contributed by atoms with van der Waals surface area (Å²) in [4.78, 5) is 16.2. The molecule has 0 atom stereocenters. The van der Waals surface area contributed by atoms with Crippen LogP contribution in [-0.4, -0.2) is 31.1 Å². The average molecular weight is 850 g/mol. The second kappa shape index (κ2) is 15.1. The molecule has 0 bridgehead atoms. The number of rotatable bonds is 7. The van der Waals surface area contributed by atoms with Crippen molar-refractivity contribution in [2.75, 3.05) is 0 Å². The molecule has 10 aromatic rings. The number of hydrogen-bond acceptors (Lipinski definition) is 3. The molecule has 302 valence electrons. The zero-order valence-corrected chi connectivity index (χ0v) is 37.7. The molecule has 0 radical (unpaired) electrons. The summed E-state index contributed by atoms with van der Waals surface area (Å²) in [6.07, 6.45) is 0. The van der Waals surface area contributed by atoms with Gasteiger partial charge in [0, 0.05) is 16.7 Å². The normalized spacial score (nSPS) is 13.7. The molecule has 1 aromatic heterocycles. The van der Waals surface area contributed by atoms with Gasteiger partial charge in [0.15, 0.2) is 25.5 Å². The predicted molar refractivity (Wildman–Crippen MR) is 272 cm³/mol. The first-order valence-electron chi connectivity index (χ1n) is 22.1. The van der Waals surface area contributed by atoms with Gasteiger partial charge in [-0.2, -0.15) is 0 Å². The maximum atomic E-state index is 5.52. The molecule has 2 aliphatic rings. The molecule has 0 saturated carbocycles. The summed E-state index contributed by atoms with van der Waals surface area (Å²) in [5.41, 5.74) is 13.2. The number of fused-ring (bicyclic) bond motifs is 6. The highest BCUT2D eigenvalue weighted by Gasteiger charge is 2.50. The third-order valence-electron chi connectivity index (χ3n) is 13.6. The Morgan fingerprint density at radius 1 is 0.281 bits per heavy atom. The van der Waals surface area contributed by atoms with Crippen LogP contribution in [0.2, 0.25) is 13.1 Å². The summed E-state index contributed by atoms with van der Waals surface area (Å²) in [6.45, 7) is 4.96. The van der Waals surface area contributed by atoms with Crippen LogP contribution in [-0.2, 0) is 0 Å². The minimum Gasteiger partial charge on any atom is -0.208 e. The molecule has 0 N–H and O–H groups in total. The van der Waals surface area contributed by atoms with Crippen LogP contribution in [0.5, 0.6) is 0 Å². The van der Waals surface area contributed by atoms with E-state index in [9.17, 15) is 0 Å². The molecule has 9 aromatic carbocycles. The van der Waals surface area contributed by atoms with Crippen LogP contribution >= 0.6 is 0 Å². The van der Waals surface area contributed by atoms with Crippen molar-refractivity contribution in [3.05, 3.63) is 224 Å². The van der Waals surface area contributed by atoms with Gasteiger partial charge < -0.3 is 0 Å². The second-order valence-corrected chi connectivity index (χ2v) is 25.5. The van der Waals surface area contributed by atoms with Gasteiger partial charge in [-0.15, -0.1) is 0 Å². The van der Waals surface area contributed by atoms with Gasteiger partial charge in [-0.25, -0.2) is 15.0 Å². The van der Waals surface area contributed by atoms with E-state index in [1.165, 1.54) is 75.6 Å². The van der Waals surface area contributed by atoms with Crippen molar-refractivity contribution < 1.29 is 0 Å². The Labute approximate surface area is 376 Å². The Hall–Kier alpha value is -7.58. The summed E-state index contributed by atoms with van der Waals surface area (Å²) >= 11 is 0. The maximum absolute atomic E-state index is 5.52. The van der Waals surface area contributed by atoms with Crippen LogP contribution in [0.1, 0.15) is 0 Å². The summed E-state index contributed by atoms with van der Waals surface area (Å²) in [7, 11) is -5.18. The molecule has 0 amide bonds. The number of benzene rings is 9. The van der Waals surface area contributed by atoms with E-state index in [4.69, 9.17) is 15.0 Å². The van der Waals surface area contributed by atoms with Crippen LogP contribution < -0.4 is 31.1 Å². The van der Waals surface area contributed by atoms with Crippen molar-refractivity contribution in [2.24, 2.45) is 0 Å². The summed E-state index contributed by atoms with van der Waals surface area (Å²) in [5.74, 6) is 2.06. The third kappa shape index (κ3) is 5.89. The van der Waals surface area contributed by atoms with Crippen molar-refractivity contribution in [3.63, 3.8) is 0 Å². The summed E-state index contributed by atoms with van der Waals surface area (Å²) in [5, 5.41) is 8.31. The van der Waals surface area contributed by atoms with Crippen LogP contribution in [0.3, 0.4) is 0 Å². The molecule has 3 nitrogen and oxygen atoms in total.